The van der Waals surface area contributed by atoms with Crippen molar-refractivity contribution in [1.82, 2.24) is 5.32 Å². The van der Waals surface area contributed by atoms with Gasteiger partial charge < -0.3 is 9.52 Å². The molecular weight excluding hydrogens is 274 g/mol. The molecule has 2 rings (SSSR count). The summed E-state index contributed by atoms with van der Waals surface area (Å²) in [5, 5.41) is 12.2. The minimum atomic E-state index is -0.778. The number of hydrogen-bond acceptors (Lipinski definition) is 3. The highest BCUT2D eigenvalue weighted by Crippen LogP contribution is 2.34. The fourth-order valence-electron chi connectivity index (χ4n) is 1.75. The maximum Gasteiger partial charge on any atom is 0.321 e. The van der Waals surface area contributed by atoms with Crippen molar-refractivity contribution in [3.63, 3.8) is 0 Å². The Kier molecular flexibility index (Phi) is 3.35. The molecule has 1 aliphatic carbocycles. The molecule has 4 nitrogen and oxygen atoms in total. The zero-order valence-corrected chi connectivity index (χ0v) is 10.5. The van der Waals surface area contributed by atoms with Gasteiger partial charge in [0.1, 0.15) is 11.8 Å². The molecule has 16 heavy (non-hydrogen) atoms. The Balaban J connectivity index is 1.99. The summed E-state index contributed by atoms with van der Waals surface area (Å²) in [7, 11) is 0. The maximum atomic E-state index is 11.1. The average molecular weight is 288 g/mol. The van der Waals surface area contributed by atoms with E-state index in [9.17, 15) is 4.79 Å². The van der Waals surface area contributed by atoms with Gasteiger partial charge in [0.2, 0.25) is 0 Å². The lowest BCUT2D eigenvalue weighted by Crippen LogP contribution is -2.39. The van der Waals surface area contributed by atoms with Gasteiger partial charge in [0.05, 0.1) is 6.04 Å². The van der Waals surface area contributed by atoms with Crippen LogP contribution in [0.3, 0.4) is 0 Å². The fourth-order valence-corrected chi connectivity index (χ4v) is 2.07. The lowest BCUT2D eigenvalue weighted by molar-refractivity contribution is -0.140. The Morgan fingerprint density at radius 2 is 2.31 bits per heavy atom. The van der Waals surface area contributed by atoms with Crippen molar-refractivity contribution in [1.29, 1.82) is 0 Å². The van der Waals surface area contributed by atoms with Crippen LogP contribution in [-0.4, -0.2) is 17.1 Å². The van der Waals surface area contributed by atoms with Gasteiger partial charge in [0, 0.05) is 0 Å². The van der Waals surface area contributed by atoms with Crippen LogP contribution in [0.2, 0.25) is 0 Å². The number of carboxylic acid groups (broad SMARTS) is 1. The number of rotatable bonds is 5. The second-order valence-electron chi connectivity index (χ2n) is 4.18. The lowest BCUT2D eigenvalue weighted by Gasteiger charge is -2.18. The summed E-state index contributed by atoms with van der Waals surface area (Å²) in [6.45, 7) is 1.91. The number of nitrogens with one attached hydrogen (secondary N) is 1. The van der Waals surface area contributed by atoms with Crippen LogP contribution in [0.4, 0.5) is 0 Å². The van der Waals surface area contributed by atoms with Crippen molar-refractivity contribution in [3.05, 3.63) is 22.6 Å². The summed E-state index contributed by atoms with van der Waals surface area (Å²) in [6.07, 6.45) is 2.00. The molecule has 1 aliphatic rings. The predicted molar refractivity (Wildman–Crippen MR) is 62.1 cm³/mol. The first kappa shape index (κ1) is 11.7. The monoisotopic (exact) mass is 287 g/mol. The van der Waals surface area contributed by atoms with E-state index in [1.807, 2.05) is 13.0 Å². The van der Waals surface area contributed by atoms with Crippen molar-refractivity contribution in [2.45, 2.75) is 31.8 Å². The molecule has 1 aromatic heterocycles. The molecular formula is C11H14BrNO3. The average Bonchev–Trinajstić information content (AvgIpc) is 2.96. The summed E-state index contributed by atoms with van der Waals surface area (Å²) >= 11 is 3.23. The van der Waals surface area contributed by atoms with Gasteiger partial charge in [-0.25, -0.2) is 0 Å². The molecule has 88 valence electrons. The third-order valence-electron chi connectivity index (χ3n) is 2.81. The van der Waals surface area contributed by atoms with Gasteiger partial charge in [-0.1, -0.05) is 0 Å². The minimum absolute atomic E-state index is 0.0898. The maximum absolute atomic E-state index is 11.1. The summed E-state index contributed by atoms with van der Waals surface area (Å²) in [5.74, 6) is 0.247. The van der Waals surface area contributed by atoms with Crippen LogP contribution in [0.1, 0.15) is 31.6 Å². The van der Waals surface area contributed by atoms with E-state index >= 15 is 0 Å². The van der Waals surface area contributed by atoms with E-state index in [-0.39, 0.29) is 12.0 Å². The van der Waals surface area contributed by atoms with Gasteiger partial charge in [-0.3, -0.25) is 10.1 Å². The molecule has 0 radical (unpaired) electrons. The van der Waals surface area contributed by atoms with E-state index in [0.29, 0.717) is 4.67 Å². The summed E-state index contributed by atoms with van der Waals surface area (Å²) in [6, 6.07) is 3.10. The topological polar surface area (TPSA) is 62.5 Å². The van der Waals surface area contributed by atoms with Crippen molar-refractivity contribution < 1.29 is 14.3 Å². The van der Waals surface area contributed by atoms with Gasteiger partial charge in [-0.15, -0.1) is 0 Å². The Morgan fingerprint density at radius 1 is 1.62 bits per heavy atom. The van der Waals surface area contributed by atoms with Crippen LogP contribution < -0.4 is 5.32 Å². The molecule has 0 saturated heterocycles. The normalized spacial score (nSPS) is 19.4. The summed E-state index contributed by atoms with van der Waals surface area (Å²) in [4.78, 5) is 11.1. The molecule has 0 aliphatic heterocycles. The molecule has 2 atom stereocenters. The SMILES string of the molecule is CC(NC(C(=O)O)C1CC1)c1ccc(Br)o1. The first-order valence-corrected chi connectivity index (χ1v) is 6.11. The third kappa shape index (κ3) is 2.65. The van der Waals surface area contributed by atoms with Gasteiger partial charge >= 0.3 is 5.97 Å². The summed E-state index contributed by atoms with van der Waals surface area (Å²) in [5.41, 5.74) is 0. The van der Waals surface area contributed by atoms with E-state index < -0.39 is 12.0 Å². The summed E-state index contributed by atoms with van der Waals surface area (Å²) < 4.78 is 6.05. The first-order chi connectivity index (χ1) is 7.58. The zero-order valence-electron chi connectivity index (χ0n) is 8.94. The fraction of sp³-hybridized carbons (Fsp3) is 0.545. The first-order valence-electron chi connectivity index (χ1n) is 5.32. The van der Waals surface area contributed by atoms with Crippen molar-refractivity contribution >= 4 is 21.9 Å². The smallest absolute Gasteiger partial charge is 0.321 e. The molecule has 1 heterocycles. The number of hydrogen-bond donors (Lipinski definition) is 2. The second kappa shape index (κ2) is 4.59. The van der Waals surface area contributed by atoms with Crippen LogP contribution in [-0.2, 0) is 4.79 Å². The van der Waals surface area contributed by atoms with Crippen molar-refractivity contribution in [2.75, 3.05) is 0 Å². The van der Waals surface area contributed by atoms with Gasteiger partial charge in [-0.2, -0.15) is 0 Å². The molecule has 1 saturated carbocycles. The standard InChI is InChI=1S/C11H14BrNO3/c1-6(8-4-5-9(12)16-8)13-10(11(14)15)7-2-3-7/h4-7,10,13H,2-3H2,1H3,(H,14,15). The molecule has 2 unspecified atom stereocenters. The highest BCUT2D eigenvalue weighted by Gasteiger charge is 2.37. The van der Waals surface area contributed by atoms with Crippen LogP contribution in [0.5, 0.6) is 0 Å². The number of carboxylic acids is 1. The van der Waals surface area contributed by atoms with Gasteiger partial charge in [-0.05, 0) is 53.7 Å². The zero-order chi connectivity index (χ0) is 11.7. The third-order valence-corrected chi connectivity index (χ3v) is 3.24. The molecule has 0 bridgehead atoms. The second-order valence-corrected chi connectivity index (χ2v) is 4.97. The lowest BCUT2D eigenvalue weighted by atomic mass is 10.1. The largest absolute Gasteiger partial charge is 0.480 e. The van der Waals surface area contributed by atoms with Crippen molar-refractivity contribution in [3.8, 4) is 0 Å². The molecule has 1 fully saturated rings. The Morgan fingerprint density at radius 3 is 2.75 bits per heavy atom. The molecule has 1 aromatic rings. The van der Waals surface area contributed by atoms with Gasteiger partial charge in [0.25, 0.3) is 0 Å². The Bertz CT molecular complexity index is 386. The predicted octanol–water partition coefficient (Wildman–Crippen LogP) is 2.56. The van der Waals surface area contributed by atoms with E-state index in [2.05, 4.69) is 21.2 Å². The quantitative estimate of drug-likeness (QED) is 0.874. The Hall–Kier alpha value is -0.810. The van der Waals surface area contributed by atoms with Crippen LogP contribution in [0.25, 0.3) is 0 Å². The van der Waals surface area contributed by atoms with Crippen LogP contribution in [0, 0.1) is 5.92 Å². The highest BCUT2D eigenvalue weighted by molar-refractivity contribution is 9.10. The number of furan rings is 1. The Labute approximate surface area is 102 Å². The van der Waals surface area contributed by atoms with Gasteiger partial charge in [0.15, 0.2) is 4.67 Å². The highest BCUT2D eigenvalue weighted by atomic mass is 79.9. The number of carbonyl (C=O) groups is 1. The van der Waals surface area contributed by atoms with E-state index in [1.165, 1.54) is 0 Å². The minimum Gasteiger partial charge on any atom is -0.480 e. The van der Waals surface area contributed by atoms with E-state index in [1.54, 1.807) is 6.07 Å². The molecule has 0 amide bonds. The number of aliphatic carboxylic acids is 1. The number of halogens is 1. The molecule has 0 spiro atoms. The van der Waals surface area contributed by atoms with Crippen LogP contribution >= 0.6 is 15.9 Å². The van der Waals surface area contributed by atoms with Crippen molar-refractivity contribution in [2.24, 2.45) is 5.92 Å². The van der Waals surface area contributed by atoms with Crippen LogP contribution in [0.15, 0.2) is 21.2 Å². The molecule has 0 aromatic carbocycles. The van der Waals surface area contributed by atoms with E-state index in [4.69, 9.17) is 9.52 Å². The molecule has 5 heteroatoms. The molecule has 2 N–H and O–H groups in total. The van der Waals surface area contributed by atoms with E-state index in [0.717, 1.165) is 18.6 Å².